The summed E-state index contributed by atoms with van der Waals surface area (Å²) in [5.41, 5.74) is 1.15. The van der Waals surface area contributed by atoms with Crippen molar-refractivity contribution in [2.75, 3.05) is 13.3 Å². The first-order chi connectivity index (χ1) is 8.24. The Kier molecular flexibility index (Phi) is 2.89. The van der Waals surface area contributed by atoms with Gasteiger partial charge >= 0.3 is 0 Å². The van der Waals surface area contributed by atoms with Crippen LogP contribution in [0.3, 0.4) is 0 Å². The molecular weight excluding hydrogens is 238 g/mol. The summed E-state index contributed by atoms with van der Waals surface area (Å²) in [6, 6.07) is 3.94. The molecule has 3 rings (SSSR count). The van der Waals surface area contributed by atoms with Crippen LogP contribution >= 0.6 is 11.6 Å². The molecule has 1 aliphatic heterocycles. The molecule has 2 atom stereocenters. The van der Waals surface area contributed by atoms with E-state index in [4.69, 9.17) is 21.1 Å². The first-order valence-electron chi connectivity index (χ1n) is 6.03. The third-order valence-electron chi connectivity index (χ3n) is 3.50. The number of hydrogen-bond acceptors (Lipinski definition) is 3. The maximum absolute atomic E-state index is 6.12. The van der Waals surface area contributed by atoms with Crippen molar-refractivity contribution < 1.29 is 9.47 Å². The third kappa shape index (κ3) is 2.35. The maximum Gasteiger partial charge on any atom is 0.231 e. The normalized spacial score (nSPS) is 25.1. The summed E-state index contributed by atoms with van der Waals surface area (Å²) in [6.07, 6.45) is 1.36. The van der Waals surface area contributed by atoms with E-state index in [0.717, 1.165) is 36.2 Å². The van der Waals surface area contributed by atoms with Crippen molar-refractivity contribution in [3.63, 3.8) is 0 Å². The molecule has 1 saturated carbocycles. The second-order valence-electron chi connectivity index (χ2n) is 4.92. The first-order valence-corrected chi connectivity index (χ1v) is 6.40. The van der Waals surface area contributed by atoms with Gasteiger partial charge in [-0.3, -0.25) is 0 Å². The van der Waals surface area contributed by atoms with Crippen LogP contribution in [0.4, 0.5) is 0 Å². The molecule has 4 heteroatoms. The summed E-state index contributed by atoms with van der Waals surface area (Å²) in [6.45, 7) is 4.49. The van der Waals surface area contributed by atoms with E-state index < -0.39 is 0 Å². The van der Waals surface area contributed by atoms with Gasteiger partial charge in [0.25, 0.3) is 0 Å². The van der Waals surface area contributed by atoms with E-state index in [-0.39, 0.29) is 6.79 Å². The number of halogens is 1. The van der Waals surface area contributed by atoms with Crippen molar-refractivity contribution in [1.29, 1.82) is 0 Å². The summed E-state index contributed by atoms with van der Waals surface area (Å²) >= 11 is 6.12. The molecule has 0 spiro atoms. The van der Waals surface area contributed by atoms with Gasteiger partial charge in [0.2, 0.25) is 6.79 Å². The number of rotatable bonds is 4. The van der Waals surface area contributed by atoms with Crippen molar-refractivity contribution >= 4 is 11.6 Å². The monoisotopic (exact) mass is 253 g/mol. The minimum absolute atomic E-state index is 0.269. The Morgan fingerprint density at radius 2 is 2.24 bits per heavy atom. The van der Waals surface area contributed by atoms with Crippen LogP contribution in [0.1, 0.15) is 18.9 Å². The highest BCUT2D eigenvalue weighted by Crippen LogP contribution is 2.40. The van der Waals surface area contributed by atoms with Gasteiger partial charge in [0.1, 0.15) is 0 Å². The zero-order valence-electron chi connectivity index (χ0n) is 9.83. The predicted octanol–water partition coefficient (Wildman–Crippen LogP) is 2.81. The van der Waals surface area contributed by atoms with Crippen molar-refractivity contribution in [2.45, 2.75) is 19.9 Å². The van der Waals surface area contributed by atoms with Gasteiger partial charge in [-0.05, 0) is 42.5 Å². The smallest absolute Gasteiger partial charge is 0.231 e. The topological polar surface area (TPSA) is 30.5 Å². The van der Waals surface area contributed by atoms with Gasteiger partial charge in [0.05, 0.1) is 5.02 Å². The lowest BCUT2D eigenvalue weighted by atomic mass is 10.2. The maximum atomic E-state index is 6.12. The second-order valence-corrected chi connectivity index (χ2v) is 5.32. The van der Waals surface area contributed by atoms with Gasteiger partial charge < -0.3 is 14.8 Å². The third-order valence-corrected chi connectivity index (χ3v) is 3.78. The molecule has 92 valence electrons. The van der Waals surface area contributed by atoms with Crippen LogP contribution in [0, 0.1) is 11.8 Å². The van der Waals surface area contributed by atoms with E-state index in [0.29, 0.717) is 10.8 Å². The van der Waals surface area contributed by atoms with Crippen LogP contribution in [-0.2, 0) is 6.54 Å². The van der Waals surface area contributed by atoms with Crippen LogP contribution in [0.25, 0.3) is 0 Å². The molecule has 3 nitrogen and oxygen atoms in total. The summed E-state index contributed by atoms with van der Waals surface area (Å²) < 4.78 is 10.6. The van der Waals surface area contributed by atoms with Gasteiger partial charge in [0.15, 0.2) is 11.5 Å². The number of hydrogen-bond donors (Lipinski definition) is 1. The quantitative estimate of drug-likeness (QED) is 0.895. The summed E-state index contributed by atoms with van der Waals surface area (Å²) in [4.78, 5) is 0. The molecule has 1 aromatic carbocycles. The van der Waals surface area contributed by atoms with Crippen LogP contribution in [0.5, 0.6) is 11.5 Å². The number of nitrogens with one attached hydrogen (secondary N) is 1. The molecule has 2 unspecified atom stereocenters. The van der Waals surface area contributed by atoms with E-state index in [9.17, 15) is 0 Å². The Labute approximate surface area is 106 Å². The SMILES string of the molecule is CC1CC1CNCc1cc(Cl)c2c(c1)OCO2. The fourth-order valence-corrected chi connectivity index (χ4v) is 2.50. The highest BCUT2D eigenvalue weighted by molar-refractivity contribution is 6.32. The van der Waals surface area contributed by atoms with Gasteiger partial charge in [0, 0.05) is 6.54 Å². The first kappa shape index (κ1) is 11.2. The Bertz CT molecular complexity index is 436. The number of fused-ring (bicyclic) bond motifs is 1. The van der Waals surface area contributed by atoms with Crippen molar-refractivity contribution in [3.05, 3.63) is 22.7 Å². The summed E-state index contributed by atoms with van der Waals surface area (Å²) in [5, 5.41) is 4.09. The average Bonchev–Trinajstić information content (AvgIpc) is 2.79. The molecule has 1 aromatic rings. The standard InChI is InChI=1S/C13H16ClNO2/c1-8-2-10(8)6-15-5-9-3-11(14)13-12(4-9)16-7-17-13/h3-4,8,10,15H,2,5-7H2,1H3. The zero-order chi connectivity index (χ0) is 11.8. The molecule has 0 bridgehead atoms. The van der Waals surface area contributed by atoms with Gasteiger partial charge in [-0.15, -0.1) is 0 Å². The molecule has 17 heavy (non-hydrogen) atoms. The van der Waals surface area contributed by atoms with E-state index in [2.05, 4.69) is 12.2 Å². The minimum atomic E-state index is 0.269. The lowest BCUT2D eigenvalue weighted by Crippen LogP contribution is -2.16. The lowest BCUT2D eigenvalue weighted by Gasteiger charge is -2.06. The molecule has 0 aromatic heterocycles. The van der Waals surface area contributed by atoms with Gasteiger partial charge in [-0.2, -0.15) is 0 Å². The molecule has 1 N–H and O–H groups in total. The van der Waals surface area contributed by atoms with Crippen LogP contribution in [0.2, 0.25) is 5.02 Å². The molecule has 0 amide bonds. The average molecular weight is 254 g/mol. The Hall–Kier alpha value is -0.930. The number of benzene rings is 1. The van der Waals surface area contributed by atoms with E-state index >= 15 is 0 Å². The Morgan fingerprint density at radius 3 is 3.00 bits per heavy atom. The summed E-state index contributed by atoms with van der Waals surface area (Å²) in [7, 11) is 0. The fourth-order valence-electron chi connectivity index (χ4n) is 2.21. The van der Waals surface area contributed by atoms with Crippen LogP contribution in [0.15, 0.2) is 12.1 Å². The molecule has 1 fully saturated rings. The minimum Gasteiger partial charge on any atom is -0.454 e. The Balaban J connectivity index is 1.61. The zero-order valence-corrected chi connectivity index (χ0v) is 10.6. The summed E-state index contributed by atoms with van der Waals surface area (Å²) in [5.74, 6) is 3.18. The van der Waals surface area contributed by atoms with Crippen LogP contribution in [-0.4, -0.2) is 13.3 Å². The molecule has 0 radical (unpaired) electrons. The molecule has 0 saturated heterocycles. The lowest BCUT2D eigenvalue weighted by molar-refractivity contribution is 0.174. The highest BCUT2D eigenvalue weighted by Gasteiger charge is 2.31. The Morgan fingerprint density at radius 1 is 1.41 bits per heavy atom. The van der Waals surface area contributed by atoms with Crippen LogP contribution < -0.4 is 14.8 Å². The van der Waals surface area contributed by atoms with Gasteiger partial charge in [-0.1, -0.05) is 18.5 Å². The molecular formula is C13H16ClNO2. The van der Waals surface area contributed by atoms with Crippen molar-refractivity contribution in [3.8, 4) is 11.5 Å². The van der Waals surface area contributed by atoms with Crippen molar-refractivity contribution in [2.24, 2.45) is 11.8 Å². The highest BCUT2D eigenvalue weighted by atomic mass is 35.5. The fraction of sp³-hybridized carbons (Fsp3) is 0.538. The molecule has 1 heterocycles. The molecule has 2 aliphatic rings. The van der Waals surface area contributed by atoms with E-state index in [1.807, 2.05) is 12.1 Å². The van der Waals surface area contributed by atoms with E-state index in [1.54, 1.807) is 0 Å². The predicted molar refractivity (Wildman–Crippen MR) is 66.6 cm³/mol. The second kappa shape index (κ2) is 4.39. The largest absolute Gasteiger partial charge is 0.454 e. The number of ether oxygens (including phenoxy) is 2. The van der Waals surface area contributed by atoms with Gasteiger partial charge in [-0.25, -0.2) is 0 Å². The van der Waals surface area contributed by atoms with Crippen molar-refractivity contribution in [1.82, 2.24) is 5.32 Å². The van der Waals surface area contributed by atoms with E-state index in [1.165, 1.54) is 6.42 Å². The molecule has 1 aliphatic carbocycles.